The zero-order valence-electron chi connectivity index (χ0n) is 11.1. The van der Waals surface area contributed by atoms with Crippen LogP contribution in [0.4, 0.5) is 0 Å². The summed E-state index contributed by atoms with van der Waals surface area (Å²) in [6.45, 7) is 6.72. The number of ether oxygens (including phenoxy) is 1. The lowest BCUT2D eigenvalue weighted by Gasteiger charge is -2.21. The fourth-order valence-electron chi connectivity index (χ4n) is 1.67. The van der Waals surface area contributed by atoms with E-state index in [0.717, 1.165) is 28.6 Å². The van der Waals surface area contributed by atoms with Gasteiger partial charge in [0.15, 0.2) is 0 Å². The van der Waals surface area contributed by atoms with Crippen LogP contribution in [0.1, 0.15) is 45.2 Å². The lowest BCUT2D eigenvalue weighted by molar-refractivity contribution is 0.349. The van der Waals surface area contributed by atoms with Gasteiger partial charge in [-0.25, -0.2) is 0 Å². The van der Waals surface area contributed by atoms with E-state index in [2.05, 4.69) is 36.7 Å². The molecule has 0 spiro atoms. The van der Waals surface area contributed by atoms with Gasteiger partial charge in [-0.05, 0) is 51.9 Å². The van der Waals surface area contributed by atoms with Gasteiger partial charge in [0.1, 0.15) is 5.75 Å². The molecule has 17 heavy (non-hydrogen) atoms. The molecular formula is C14H22BrNO. The number of methoxy groups -OCH3 is 1. The zero-order chi connectivity index (χ0) is 13.1. The fourth-order valence-corrected chi connectivity index (χ4v) is 2.23. The van der Waals surface area contributed by atoms with Crippen molar-refractivity contribution in [1.82, 2.24) is 0 Å². The van der Waals surface area contributed by atoms with Crippen molar-refractivity contribution in [2.75, 3.05) is 7.11 Å². The van der Waals surface area contributed by atoms with E-state index in [1.807, 2.05) is 18.2 Å². The van der Waals surface area contributed by atoms with Crippen LogP contribution in [0.2, 0.25) is 0 Å². The van der Waals surface area contributed by atoms with E-state index in [4.69, 9.17) is 10.5 Å². The minimum atomic E-state index is 0.0939. The topological polar surface area (TPSA) is 35.2 Å². The average molecular weight is 300 g/mol. The van der Waals surface area contributed by atoms with Crippen molar-refractivity contribution in [3.8, 4) is 5.75 Å². The van der Waals surface area contributed by atoms with E-state index in [0.29, 0.717) is 5.41 Å². The highest BCUT2D eigenvalue weighted by Gasteiger charge is 2.14. The van der Waals surface area contributed by atoms with Crippen LogP contribution in [0.5, 0.6) is 5.75 Å². The first kappa shape index (κ1) is 14.5. The highest BCUT2D eigenvalue weighted by Crippen LogP contribution is 2.30. The van der Waals surface area contributed by atoms with Gasteiger partial charge in [0.25, 0.3) is 0 Å². The Hall–Kier alpha value is -0.540. The van der Waals surface area contributed by atoms with Gasteiger partial charge in [-0.2, -0.15) is 0 Å². The maximum atomic E-state index is 6.20. The quantitative estimate of drug-likeness (QED) is 0.900. The molecule has 0 bridgehead atoms. The van der Waals surface area contributed by atoms with Crippen LogP contribution in [0, 0.1) is 5.41 Å². The van der Waals surface area contributed by atoms with Crippen LogP contribution >= 0.6 is 15.9 Å². The Labute approximate surface area is 113 Å². The molecular weight excluding hydrogens is 278 g/mol. The lowest BCUT2D eigenvalue weighted by Crippen LogP contribution is -2.14. The van der Waals surface area contributed by atoms with Crippen LogP contribution in [0.15, 0.2) is 22.7 Å². The third-order valence-corrected chi connectivity index (χ3v) is 3.43. The minimum absolute atomic E-state index is 0.0939. The van der Waals surface area contributed by atoms with Crippen molar-refractivity contribution >= 4 is 15.9 Å². The first-order chi connectivity index (χ1) is 7.83. The van der Waals surface area contributed by atoms with E-state index in [9.17, 15) is 0 Å². The van der Waals surface area contributed by atoms with Gasteiger partial charge in [0.2, 0.25) is 0 Å². The summed E-state index contributed by atoms with van der Waals surface area (Å²) in [7, 11) is 1.67. The first-order valence-electron chi connectivity index (χ1n) is 5.92. The number of halogens is 1. The second-order valence-electron chi connectivity index (χ2n) is 5.60. The molecule has 0 saturated heterocycles. The summed E-state index contributed by atoms with van der Waals surface area (Å²) in [5, 5.41) is 0. The molecule has 1 unspecified atom stereocenters. The van der Waals surface area contributed by atoms with Gasteiger partial charge in [0.05, 0.1) is 11.6 Å². The number of nitrogens with two attached hydrogens (primary N) is 1. The SMILES string of the molecule is COc1ccc(C(N)CCC(C)(C)C)cc1Br. The third-order valence-electron chi connectivity index (χ3n) is 2.81. The Balaban J connectivity index is 2.69. The predicted octanol–water partition coefficient (Wildman–Crippen LogP) is 4.28. The molecule has 2 N–H and O–H groups in total. The second-order valence-corrected chi connectivity index (χ2v) is 6.45. The summed E-state index contributed by atoms with van der Waals surface area (Å²) in [5.41, 5.74) is 7.69. The van der Waals surface area contributed by atoms with E-state index in [1.54, 1.807) is 7.11 Å². The van der Waals surface area contributed by atoms with Gasteiger partial charge in [-0.15, -0.1) is 0 Å². The molecule has 1 aromatic rings. The smallest absolute Gasteiger partial charge is 0.133 e. The van der Waals surface area contributed by atoms with Crippen LogP contribution < -0.4 is 10.5 Å². The average Bonchev–Trinajstić information content (AvgIpc) is 2.24. The molecule has 0 aliphatic heterocycles. The Kier molecular flexibility index (Phi) is 5.02. The molecule has 0 saturated carbocycles. The normalized spacial score (nSPS) is 13.5. The maximum absolute atomic E-state index is 6.20. The van der Waals surface area contributed by atoms with Gasteiger partial charge >= 0.3 is 0 Å². The van der Waals surface area contributed by atoms with Crippen LogP contribution in [0.25, 0.3) is 0 Å². The number of hydrogen-bond donors (Lipinski definition) is 1. The Bertz CT molecular complexity index is 371. The summed E-state index contributed by atoms with van der Waals surface area (Å²) in [5.74, 6) is 0.844. The molecule has 3 heteroatoms. The maximum Gasteiger partial charge on any atom is 0.133 e. The second kappa shape index (κ2) is 5.87. The summed E-state index contributed by atoms with van der Waals surface area (Å²) >= 11 is 3.49. The van der Waals surface area contributed by atoms with Gasteiger partial charge < -0.3 is 10.5 Å². The molecule has 0 fully saturated rings. The van der Waals surface area contributed by atoms with Crippen LogP contribution in [-0.2, 0) is 0 Å². The molecule has 96 valence electrons. The lowest BCUT2D eigenvalue weighted by atomic mass is 9.87. The zero-order valence-corrected chi connectivity index (χ0v) is 12.7. The molecule has 1 rings (SSSR count). The molecule has 0 radical (unpaired) electrons. The van der Waals surface area contributed by atoms with E-state index < -0.39 is 0 Å². The molecule has 0 heterocycles. The standard InChI is InChI=1S/C14H22BrNO/c1-14(2,3)8-7-12(16)10-5-6-13(17-4)11(15)9-10/h5-6,9,12H,7-8,16H2,1-4H3. The molecule has 0 aromatic heterocycles. The van der Waals surface area contributed by atoms with Crippen molar-refractivity contribution in [3.05, 3.63) is 28.2 Å². The van der Waals surface area contributed by atoms with Crippen molar-refractivity contribution < 1.29 is 4.74 Å². The summed E-state index contributed by atoms with van der Waals surface area (Å²) in [4.78, 5) is 0. The Morgan fingerprint density at radius 3 is 2.47 bits per heavy atom. The molecule has 0 amide bonds. The van der Waals surface area contributed by atoms with Crippen LogP contribution in [-0.4, -0.2) is 7.11 Å². The Morgan fingerprint density at radius 1 is 1.35 bits per heavy atom. The largest absolute Gasteiger partial charge is 0.496 e. The monoisotopic (exact) mass is 299 g/mol. The van der Waals surface area contributed by atoms with E-state index in [1.165, 1.54) is 0 Å². The minimum Gasteiger partial charge on any atom is -0.496 e. The highest BCUT2D eigenvalue weighted by atomic mass is 79.9. The summed E-state index contributed by atoms with van der Waals surface area (Å²) in [6.07, 6.45) is 2.13. The van der Waals surface area contributed by atoms with Crippen molar-refractivity contribution in [2.24, 2.45) is 11.1 Å². The molecule has 0 aliphatic carbocycles. The van der Waals surface area contributed by atoms with Crippen molar-refractivity contribution in [2.45, 2.75) is 39.7 Å². The van der Waals surface area contributed by atoms with Crippen molar-refractivity contribution in [3.63, 3.8) is 0 Å². The summed E-state index contributed by atoms with van der Waals surface area (Å²) in [6, 6.07) is 6.14. The highest BCUT2D eigenvalue weighted by molar-refractivity contribution is 9.10. The molecule has 0 aliphatic rings. The molecule has 2 nitrogen and oxygen atoms in total. The van der Waals surface area contributed by atoms with Gasteiger partial charge in [-0.1, -0.05) is 26.8 Å². The predicted molar refractivity (Wildman–Crippen MR) is 76.3 cm³/mol. The van der Waals surface area contributed by atoms with Crippen molar-refractivity contribution in [1.29, 1.82) is 0 Å². The Morgan fingerprint density at radius 2 is 2.00 bits per heavy atom. The fraction of sp³-hybridized carbons (Fsp3) is 0.571. The summed E-state index contributed by atoms with van der Waals surface area (Å²) < 4.78 is 6.17. The molecule has 1 atom stereocenters. The van der Waals surface area contributed by atoms with Gasteiger partial charge in [0, 0.05) is 6.04 Å². The van der Waals surface area contributed by atoms with E-state index >= 15 is 0 Å². The number of benzene rings is 1. The molecule has 1 aromatic carbocycles. The van der Waals surface area contributed by atoms with E-state index in [-0.39, 0.29) is 6.04 Å². The third kappa shape index (κ3) is 4.68. The van der Waals surface area contributed by atoms with Crippen LogP contribution in [0.3, 0.4) is 0 Å². The van der Waals surface area contributed by atoms with Gasteiger partial charge in [-0.3, -0.25) is 0 Å². The number of hydrogen-bond acceptors (Lipinski definition) is 2. The first-order valence-corrected chi connectivity index (χ1v) is 6.72. The number of rotatable bonds is 4.